The average molecular weight is 250 g/mol. The standard InChI is InChI=1S/C13H18N2O3/c1-15-12-3-2-9(4-10(12)5-13(15)18)6-14-7-11(17)8-16/h2-4,11,14,16-17H,5-8H2,1H3. The number of benzene rings is 1. The smallest absolute Gasteiger partial charge is 0.231 e. The highest BCUT2D eigenvalue weighted by atomic mass is 16.3. The molecule has 2 rings (SSSR count). The third-order valence-corrected chi connectivity index (χ3v) is 3.14. The lowest BCUT2D eigenvalue weighted by Gasteiger charge is -2.12. The first kappa shape index (κ1) is 13.0. The maximum absolute atomic E-state index is 11.5. The van der Waals surface area contributed by atoms with Crippen molar-refractivity contribution in [3.8, 4) is 0 Å². The van der Waals surface area contributed by atoms with Crippen LogP contribution < -0.4 is 10.2 Å². The van der Waals surface area contributed by atoms with Crippen LogP contribution in [0.1, 0.15) is 11.1 Å². The van der Waals surface area contributed by atoms with Crippen LogP contribution in [0.2, 0.25) is 0 Å². The summed E-state index contributed by atoms with van der Waals surface area (Å²) in [6.07, 6.45) is -0.272. The lowest BCUT2D eigenvalue weighted by atomic mass is 10.1. The second kappa shape index (κ2) is 5.48. The van der Waals surface area contributed by atoms with Gasteiger partial charge >= 0.3 is 0 Å². The Bertz CT molecular complexity index is 448. The summed E-state index contributed by atoms with van der Waals surface area (Å²) in [6, 6.07) is 5.92. The number of carbonyl (C=O) groups is 1. The number of nitrogens with zero attached hydrogens (tertiary/aromatic N) is 1. The molecule has 0 fully saturated rings. The van der Waals surface area contributed by atoms with E-state index < -0.39 is 6.10 Å². The molecule has 1 aromatic rings. The molecule has 0 aromatic heterocycles. The fourth-order valence-electron chi connectivity index (χ4n) is 2.08. The molecule has 1 aliphatic heterocycles. The third-order valence-electron chi connectivity index (χ3n) is 3.14. The van der Waals surface area contributed by atoms with Crippen LogP contribution >= 0.6 is 0 Å². The normalized spacial score (nSPS) is 15.9. The van der Waals surface area contributed by atoms with Crippen LogP contribution in [-0.4, -0.2) is 42.4 Å². The lowest BCUT2D eigenvalue weighted by Crippen LogP contribution is -2.28. The molecule has 5 nitrogen and oxygen atoms in total. The van der Waals surface area contributed by atoms with Crippen LogP contribution in [0.15, 0.2) is 18.2 Å². The van der Waals surface area contributed by atoms with E-state index in [1.165, 1.54) is 0 Å². The van der Waals surface area contributed by atoms with E-state index in [0.29, 0.717) is 19.5 Å². The number of fused-ring (bicyclic) bond motifs is 1. The minimum absolute atomic E-state index is 0.116. The molecule has 18 heavy (non-hydrogen) atoms. The number of aliphatic hydroxyl groups is 2. The van der Waals surface area contributed by atoms with Crippen LogP contribution in [0, 0.1) is 0 Å². The number of aliphatic hydroxyl groups excluding tert-OH is 2. The van der Waals surface area contributed by atoms with Crippen molar-refractivity contribution < 1.29 is 15.0 Å². The zero-order chi connectivity index (χ0) is 13.1. The largest absolute Gasteiger partial charge is 0.394 e. The molecule has 1 aromatic carbocycles. The number of nitrogens with one attached hydrogen (secondary N) is 1. The number of carbonyl (C=O) groups excluding carboxylic acids is 1. The van der Waals surface area contributed by atoms with E-state index >= 15 is 0 Å². The van der Waals surface area contributed by atoms with E-state index in [0.717, 1.165) is 16.8 Å². The van der Waals surface area contributed by atoms with Crippen molar-refractivity contribution in [2.45, 2.75) is 19.1 Å². The molecule has 1 atom stereocenters. The minimum Gasteiger partial charge on any atom is -0.394 e. The lowest BCUT2D eigenvalue weighted by molar-refractivity contribution is -0.117. The molecular weight excluding hydrogens is 232 g/mol. The molecule has 1 unspecified atom stereocenters. The van der Waals surface area contributed by atoms with Gasteiger partial charge in [-0.2, -0.15) is 0 Å². The second-order valence-electron chi connectivity index (χ2n) is 4.56. The van der Waals surface area contributed by atoms with Gasteiger partial charge in [-0.15, -0.1) is 0 Å². The van der Waals surface area contributed by atoms with Gasteiger partial charge in [0, 0.05) is 25.8 Å². The Hall–Kier alpha value is -1.43. The molecule has 0 spiro atoms. The fraction of sp³-hybridized carbons (Fsp3) is 0.462. The molecule has 1 amide bonds. The van der Waals surface area contributed by atoms with Gasteiger partial charge in [0.15, 0.2) is 0 Å². The summed E-state index contributed by atoms with van der Waals surface area (Å²) in [4.78, 5) is 13.2. The Morgan fingerprint density at radius 1 is 1.50 bits per heavy atom. The van der Waals surface area contributed by atoms with Crippen LogP contribution in [0.4, 0.5) is 5.69 Å². The molecule has 1 aliphatic rings. The minimum atomic E-state index is -0.730. The molecule has 0 saturated heterocycles. The molecule has 0 saturated carbocycles. The SMILES string of the molecule is CN1C(=O)Cc2cc(CNCC(O)CO)ccc21. The van der Waals surface area contributed by atoms with Crippen LogP contribution in [0.3, 0.4) is 0 Å². The molecule has 0 bridgehead atoms. The van der Waals surface area contributed by atoms with Crippen molar-refractivity contribution >= 4 is 11.6 Å². The molecular formula is C13H18N2O3. The van der Waals surface area contributed by atoms with Crippen molar-refractivity contribution in [1.29, 1.82) is 0 Å². The molecule has 1 heterocycles. The topological polar surface area (TPSA) is 72.8 Å². The molecule has 98 valence electrons. The summed E-state index contributed by atoms with van der Waals surface area (Å²) >= 11 is 0. The van der Waals surface area contributed by atoms with Crippen molar-refractivity contribution in [3.63, 3.8) is 0 Å². The zero-order valence-electron chi connectivity index (χ0n) is 10.4. The number of amides is 1. The van der Waals surface area contributed by atoms with Crippen LogP contribution in [0.25, 0.3) is 0 Å². The number of anilines is 1. The highest BCUT2D eigenvalue weighted by Gasteiger charge is 2.23. The highest BCUT2D eigenvalue weighted by molar-refractivity contribution is 6.00. The Kier molecular flexibility index (Phi) is 3.96. The van der Waals surface area contributed by atoms with Gasteiger partial charge in [-0.1, -0.05) is 12.1 Å². The summed E-state index contributed by atoms with van der Waals surface area (Å²) in [6.45, 7) is 0.727. The first-order valence-electron chi connectivity index (χ1n) is 6.00. The van der Waals surface area contributed by atoms with Crippen molar-refractivity contribution in [3.05, 3.63) is 29.3 Å². The molecule has 3 N–H and O–H groups in total. The Balaban J connectivity index is 1.96. The highest BCUT2D eigenvalue weighted by Crippen LogP contribution is 2.28. The number of hydrogen-bond donors (Lipinski definition) is 3. The van der Waals surface area contributed by atoms with E-state index in [4.69, 9.17) is 5.11 Å². The van der Waals surface area contributed by atoms with Gasteiger partial charge in [0.05, 0.1) is 19.1 Å². The summed E-state index contributed by atoms with van der Waals surface area (Å²) in [5, 5.41) is 20.9. The second-order valence-corrected chi connectivity index (χ2v) is 4.56. The van der Waals surface area contributed by atoms with Gasteiger partial charge in [0.1, 0.15) is 0 Å². The first-order chi connectivity index (χ1) is 8.61. The van der Waals surface area contributed by atoms with Crippen LogP contribution in [-0.2, 0) is 17.8 Å². The van der Waals surface area contributed by atoms with Crippen molar-refractivity contribution in [2.75, 3.05) is 25.1 Å². The predicted octanol–water partition coefficient (Wildman–Crippen LogP) is -0.352. The van der Waals surface area contributed by atoms with Gasteiger partial charge in [-0.25, -0.2) is 0 Å². The van der Waals surface area contributed by atoms with Gasteiger partial charge in [-0.05, 0) is 17.2 Å². The Morgan fingerprint density at radius 2 is 2.28 bits per heavy atom. The van der Waals surface area contributed by atoms with E-state index in [-0.39, 0.29) is 12.5 Å². The average Bonchev–Trinajstić information content (AvgIpc) is 2.64. The van der Waals surface area contributed by atoms with E-state index in [2.05, 4.69) is 5.32 Å². The zero-order valence-corrected chi connectivity index (χ0v) is 10.4. The molecule has 0 radical (unpaired) electrons. The first-order valence-corrected chi connectivity index (χ1v) is 6.00. The van der Waals surface area contributed by atoms with Crippen molar-refractivity contribution in [2.24, 2.45) is 0 Å². The Morgan fingerprint density at radius 3 is 3.00 bits per heavy atom. The molecule has 0 aliphatic carbocycles. The van der Waals surface area contributed by atoms with Gasteiger partial charge in [0.25, 0.3) is 0 Å². The third kappa shape index (κ3) is 2.69. The van der Waals surface area contributed by atoms with E-state index in [9.17, 15) is 9.90 Å². The summed E-state index contributed by atoms with van der Waals surface area (Å²) in [5.74, 6) is 0.116. The fourth-order valence-corrected chi connectivity index (χ4v) is 2.08. The Labute approximate surface area is 106 Å². The maximum atomic E-state index is 11.5. The van der Waals surface area contributed by atoms with Gasteiger partial charge < -0.3 is 20.4 Å². The van der Waals surface area contributed by atoms with E-state index in [1.54, 1.807) is 11.9 Å². The monoisotopic (exact) mass is 250 g/mol. The predicted molar refractivity (Wildman–Crippen MR) is 68.4 cm³/mol. The summed E-state index contributed by atoms with van der Waals surface area (Å²) < 4.78 is 0. The van der Waals surface area contributed by atoms with Gasteiger partial charge in [0.2, 0.25) is 5.91 Å². The van der Waals surface area contributed by atoms with Gasteiger partial charge in [-0.3, -0.25) is 4.79 Å². The quantitative estimate of drug-likeness (QED) is 0.668. The summed E-state index contributed by atoms with van der Waals surface area (Å²) in [7, 11) is 1.78. The van der Waals surface area contributed by atoms with E-state index in [1.807, 2.05) is 18.2 Å². The van der Waals surface area contributed by atoms with Crippen molar-refractivity contribution in [1.82, 2.24) is 5.32 Å². The number of likely N-dealkylation sites (N-methyl/N-ethyl adjacent to an activating group) is 1. The number of hydrogen-bond acceptors (Lipinski definition) is 4. The summed E-state index contributed by atoms with van der Waals surface area (Å²) in [5.41, 5.74) is 3.09. The number of rotatable bonds is 5. The molecule has 5 heteroatoms. The maximum Gasteiger partial charge on any atom is 0.231 e. The van der Waals surface area contributed by atoms with Crippen LogP contribution in [0.5, 0.6) is 0 Å².